The van der Waals surface area contributed by atoms with E-state index in [4.69, 9.17) is 0 Å². The van der Waals surface area contributed by atoms with Crippen molar-refractivity contribution in [3.63, 3.8) is 0 Å². The molecule has 3 heteroatoms. The summed E-state index contributed by atoms with van der Waals surface area (Å²) in [6, 6.07) is 14.4. The van der Waals surface area contributed by atoms with E-state index in [0.717, 1.165) is 25.7 Å². The van der Waals surface area contributed by atoms with Gasteiger partial charge in [0.05, 0.1) is 5.41 Å². The molecule has 1 amide bonds. The lowest BCUT2D eigenvalue weighted by Gasteiger charge is -2.40. The lowest BCUT2D eigenvalue weighted by atomic mass is 9.64. The highest BCUT2D eigenvalue weighted by Crippen LogP contribution is 2.44. The zero-order valence-electron chi connectivity index (χ0n) is 13.7. The Hall–Kier alpha value is -2.16. The summed E-state index contributed by atoms with van der Waals surface area (Å²) in [6.45, 7) is 2.82. The average molecular weight is 308 g/mol. The fourth-order valence-electron chi connectivity index (χ4n) is 3.32. The van der Waals surface area contributed by atoms with Gasteiger partial charge in [-0.25, -0.2) is 0 Å². The molecule has 1 unspecified atom stereocenters. The van der Waals surface area contributed by atoms with Crippen LogP contribution in [0.2, 0.25) is 0 Å². The maximum absolute atomic E-state index is 12.8. The third-order valence-corrected chi connectivity index (χ3v) is 5.02. The van der Waals surface area contributed by atoms with E-state index in [1.807, 2.05) is 30.3 Å². The van der Waals surface area contributed by atoms with Crippen LogP contribution in [0, 0.1) is 5.41 Å². The first kappa shape index (κ1) is 15.7. The van der Waals surface area contributed by atoms with Crippen LogP contribution in [0.4, 0.5) is 0 Å². The number of carbonyl (C=O) groups is 1. The Balaban J connectivity index is 1.60. The smallest absolute Gasteiger partial charge is 0.226 e. The molecule has 0 spiro atoms. The highest BCUT2D eigenvalue weighted by atomic mass is 16.2. The predicted octanol–water partition coefficient (Wildman–Crippen LogP) is 3.71. The van der Waals surface area contributed by atoms with Gasteiger partial charge in [-0.2, -0.15) is 0 Å². The Labute approximate surface area is 138 Å². The van der Waals surface area contributed by atoms with Gasteiger partial charge >= 0.3 is 0 Å². The van der Waals surface area contributed by atoms with Crippen LogP contribution in [0.1, 0.15) is 43.2 Å². The lowest BCUT2D eigenvalue weighted by molar-refractivity contribution is -0.136. The zero-order chi connectivity index (χ0) is 16.1. The SMILES string of the molecule is CC(CNC(=O)C1(Cc2ccccc2)CCC1)c1ccncc1. The van der Waals surface area contributed by atoms with Crippen LogP contribution in [0.3, 0.4) is 0 Å². The molecule has 3 nitrogen and oxygen atoms in total. The molecule has 1 aliphatic carbocycles. The molecular weight excluding hydrogens is 284 g/mol. The van der Waals surface area contributed by atoms with Crippen LogP contribution >= 0.6 is 0 Å². The van der Waals surface area contributed by atoms with E-state index < -0.39 is 0 Å². The molecule has 0 aliphatic heterocycles. The summed E-state index contributed by atoms with van der Waals surface area (Å²) in [5.41, 5.74) is 2.27. The molecule has 3 rings (SSSR count). The fourth-order valence-corrected chi connectivity index (χ4v) is 3.32. The van der Waals surface area contributed by atoms with Gasteiger partial charge < -0.3 is 5.32 Å². The van der Waals surface area contributed by atoms with E-state index in [9.17, 15) is 4.79 Å². The van der Waals surface area contributed by atoms with Gasteiger partial charge in [-0.15, -0.1) is 0 Å². The molecule has 1 saturated carbocycles. The minimum atomic E-state index is -0.195. The second-order valence-corrected chi connectivity index (χ2v) is 6.69. The quantitative estimate of drug-likeness (QED) is 0.884. The van der Waals surface area contributed by atoms with Crippen LogP contribution < -0.4 is 5.32 Å². The van der Waals surface area contributed by atoms with Crippen molar-refractivity contribution in [1.29, 1.82) is 0 Å². The van der Waals surface area contributed by atoms with Crippen molar-refractivity contribution in [2.75, 3.05) is 6.54 Å². The lowest BCUT2D eigenvalue weighted by Crippen LogP contribution is -2.48. The number of hydrogen-bond donors (Lipinski definition) is 1. The van der Waals surface area contributed by atoms with Gasteiger partial charge in [0.25, 0.3) is 0 Å². The van der Waals surface area contributed by atoms with Crippen molar-refractivity contribution in [2.24, 2.45) is 5.41 Å². The normalized spacial score (nSPS) is 17.1. The van der Waals surface area contributed by atoms with Crippen LogP contribution in [0.25, 0.3) is 0 Å². The Kier molecular flexibility index (Phi) is 4.75. The predicted molar refractivity (Wildman–Crippen MR) is 92.1 cm³/mol. The Bertz CT molecular complexity index is 635. The van der Waals surface area contributed by atoms with Crippen LogP contribution in [0.15, 0.2) is 54.9 Å². The molecule has 1 aliphatic rings. The van der Waals surface area contributed by atoms with Gasteiger partial charge in [0, 0.05) is 18.9 Å². The van der Waals surface area contributed by atoms with Crippen molar-refractivity contribution in [3.8, 4) is 0 Å². The number of carbonyl (C=O) groups excluding carboxylic acids is 1. The van der Waals surface area contributed by atoms with E-state index in [1.54, 1.807) is 12.4 Å². The third-order valence-electron chi connectivity index (χ3n) is 5.02. The highest BCUT2D eigenvalue weighted by molar-refractivity contribution is 5.84. The minimum absolute atomic E-state index is 0.195. The van der Waals surface area contributed by atoms with Crippen molar-refractivity contribution in [1.82, 2.24) is 10.3 Å². The molecule has 1 heterocycles. The summed E-state index contributed by atoms with van der Waals surface area (Å²) in [5.74, 6) is 0.518. The molecule has 1 atom stereocenters. The van der Waals surface area contributed by atoms with Gasteiger partial charge in [0.2, 0.25) is 5.91 Å². The summed E-state index contributed by atoms with van der Waals surface area (Å²) in [5, 5.41) is 3.18. The second kappa shape index (κ2) is 6.95. The van der Waals surface area contributed by atoms with E-state index >= 15 is 0 Å². The molecular formula is C20H24N2O. The molecule has 0 radical (unpaired) electrons. The number of hydrogen-bond acceptors (Lipinski definition) is 2. The first-order chi connectivity index (χ1) is 11.2. The van der Waals surface area contributed by atoms with Crippen LogP contribution in [-0.4, -0.2) is 17.4 Å². The van der Waals surface area contributed by atoms with E-state index in [0.29, 0.717) is 12.5 Å². The Morgan fingerprint density at radius 3 is 2.48 bits per heavy atom. The number of rotatable bonds is 6. The van der Waals surface area contributed by atoms with Gasteiger partial charge in [-0.1, -0.05) is 43.7 Å². The first-order valence-corrected chi connectivity index (χ1v) is 8.42. The summed E-state index contributed by atoms with van der Waals surface area (Å²) >= 11 is 0. The van der Waals surface area contributed by atoms with Gasteiger partial charge in [-0.3, -0.25) is 9.78 Å². The third kappa shape index (κ3) is 3.61. The molecule has 0 saturated heterocycles. The molecule has 2 aromatic rings. The number of nitrogens with one attached hydrogen (secondary N) is 1. The monoisotopic (exact) mass is 308 g/mol. The summed E-state index contributed by atoms with van der Waals surface area (Å²) in [6.07, 6.45) is 7.60. The maximum atomic E-state index is 12.8. The van der Waals surface area contributed by atoms with Gasteiger partial charge in [-0.05, 0) is 48.4 Å². The largest absolute Gasteiger partial charge is 0.355 e. The molecule has 1 N–H and O–H groups in total. The molecule has 0 bridgehead atoms. The molecule has 23 heavy (non-hydrogen) atoms. The fraction of sp³-hybridized carbons (Fsp3) is 0.400. The zero-order valence-corrected chi connectivity index (χ0v) is 13.7. The first-order valence-electron chi connectivity index (χ1n) is 8.42. The van der Waals surface area contributed by atoms with Gasteiger partial charge in [0.15, 0.2) is 0 Å². The Morgan fingerprint density at radius 1 is 1.17 bits per heavy atom. The number of benzene rings is 1. The molecule has 1 aromatic heterocycles. The maximum Gasteiger partial charge on any atom is 0.226 e. The number of amides is 1. The minimum Gasteiger partial charge on any atom is -0.355 e. The van der Waals surface area contributed by atoms with Gasteiger partial charge in [0.1, 0.15) is 0 Å². The summed E-state index contributed by atoms with van der Waals surface area (Å²) < 4.78 is 0. The number of nitrogens with zero attached hydrogens (tertiary/aromatic N) is 1. The molecule has 1 aromatic carbocycles. The average Bonchev–Trinajstić information content (AvgIpc) is 2.57. The number of aromatic nitrogens is 1. The highest BCUT2D eigenvalue weighted by Gasteiger charge is 2.43. The summed E-state index contributed by atoms with van der Waals surface area (Å²) in [7, 11) is 0. The standard InChI is InChI=1S/C20H24N2O/c1-16(18-8-12-21-13-9-18)15-22-19(23)20(10-5-11-20)14-17-6-3-2-4-7-17/h2-4,6-9,12-13,16H,5,10-11,14-15H2,1H3,(H,22,23). The topological polar surface area (TPSA) is 42.0 Å². The second-order valence-electron chi connectivity index (χ2n) is 6.69. The van der Waals surface area contributed by atoms with E-state index in [-0.39, 0.29) is 11.3 Å². The van der Waals surface area contributed by atoms with Crippen LogP contribution in [0.5, 0.6) is 0 Å². The van der Waals surface area contributed by atoms with E-state index in [1.165, 1.54) is 11.1 Å². The van der Waals surface area contributed by atoms with Crippen LogP contribution in [-0.2, 0) is 11.2 Å². The van der Waals surface area contributed by atoms with Crippen molar-refractivity contribution < 1.29 is 4.79 Å². The van der Waals surface area contributed by atoms with Crippen molar-refractivity contribution >= 4 is 5.91 Å². The summed E-state index contributed by atoms with van der Waals surface area (Å²) in [4.78, 5) is 16.8. The van der Waals surface area contributed by atoms with E-state index in [2.05, 4.69) is 29.4 Å². The molecule has 120 valence electrons. The van der Waals surface area contributed by atoms with Crippen molar-refractivity contribution in [2.45, 2.75) is 38.5 Å². The number of pyridine rings is 1. The Morgan fingerprint density at radius 2 is 1.87 bits per heavy atom. The van der Waals surface area contributed by atoms with Crippen molar-refractivity contribution in [3.05, 3.63) is 66.0 Å². The molecule has 1 fully saturated rings.